The van der Waals surface area contributed by atoms with Crippen molar-refractivity contribution < 1.29 is 9.84 Å². The van der Waals surface area contributed by atoms with Crippen LogP contribution in [0.5, 0.6) is 0 Å². The Bertz CT molecular complexity index is 583. The van der Waals surface area contributed by atoms with E-state index in [0.29, 0.717) is 13.2 Å². The van der Waals surface area contributed by atoms with E-state index in [0.717, 1.165) is 11.1 Å². The van der Waals surface area contributed by atoms with Gasteiger partial charge in [0.2, 0.25) is 0 Å². The van der Waals surface area contributed by atoms with E-state index >= 15 is 0 Å². The van der Waals surface area contributed by atoms with Crippen LogP contribution in [-0.4, -0.2) is 33.6 Å². The summed E-state index contributed by atoms with van der Waals surface area (Å²) in [7, 11) is 1.65. The van der Waals surface area contributed by atoms with Gasteiger partial charge in [-0.3, -0.25) is 0 Å². The molecular weight excluding hydrogens is 266 g/mol. The number of hydrogen-bond acceptors (Lipinski definition) is 4. The number of hydrogen-bond donors (Lipinski definition) is 1. The molecule has 0 aliphatic heterocycles. The third-order valence-electron chi connectivity index (χ3n) is 3.95. The van der Waals surface area contributed by atoms with Crippen molar-refractivity contribution in [1.82, 2.24) is 14.8 Å². The molecule has 1 heterocycles. The molecule has 114 valence electrons. The molecule has 1 aromatic carbocycles. The molecule has 2 aromatic rings. The lowest BCUT2D eigenvalue weighted by molar-refractivity contribution is -0.0609. The maximum atomic E-state index is 11.4. The van der Waals surface area contributed by atoms with E-state index in [4.69, 9.17) is 4.74 Å². The summed E-state index contributed by atoms with van der Waals surface area (Å²) in [6, 6.07) is 6.10. The van der Waals surface area contributed by atoms with Gasteiger partial charge in [-0.25, -0.2) is 9.67 Å². The Labute approximate surface area is 125 Å². The Morgan fingerprint density at radius 1 is 1.38 bits per heavy atom. The number of aryl methyl sites for hydroxylation is 2. The molecule has 0 saturated carbocycles. The number of benzene rings is 1. The van der Waals surface area contributed by atoms with Gasteiger partial charge < -0.3 is 9.84 Å². The van der Waals surface area contributed by atoms with Crippen LogP contribution in [0.1, 0.15) is 23.6 Å². The van der Waals surface area contributed by atoms with Crippen molar-refractivity contribution >= 4 is 0 Å². The molecule has 1 N–H and O–H groups in total. The fourth-order valence-corrected chi connectivity index (χ4v) is 2.76. The first-order valence-electron chi connectivity index (χ1n) is 7.09. The fourth-order valence-electron chi connectivity index (χ4n) is 2.76. The van der Waals surface area contributed by atoms with Crippen molar-refractivity contribution in [3.05, 3.63) is 47.5 Å². The Morgan fingerprint density at radius 2 is 2.14 bits per heavy atom. The van der Waals surface area contributed by atoms with Crippen LogP contribution < -0.4 is 0 Å². The first-order valence-corrected chi connectivity index (χ1v) is 7.09. The van der Waals surface area contributed by atoms with E-state index in [2.05, 4.69) is 16.1 Å². The monoisotopic (exact) mass is 289 g/mol. The Hall–Kier alpha value is -1.72. The topological polar surface area (TPSA) is 60.2 Å². The number of nitrogens with zero attached hydrogens (tertiary/aromatic N) is 3. The van der Waals surface area contributed by atoms with E-state index in [-0.39, 0.29) is 5.92 Å². The summed E-state index contributed by atoms with van der Waals surface area (Å²) in [6.45, 7) is 6.87. The zero-order chi connectivity index (χ0) is 15.5. The highest BCUT2D eigenvalue weighted by Crippen LogP contribution is 2.34. The maximum absolute atomic E-state index is 11.4. The zero-order valence-electron chi connectivity index (χ0n) is 13.1. The third kappa shape index (κ3) is 3.31. The lowest BCUT2D eigenvalue weighted by atomic mass is 9.80. The van der Waals surface area contributed by atoms with Crippen LogP contribution >= 0.6 is 0 Å². The fraction of sp³-hybridized carbons (Fsp3) is 0.500. The third-order valence-corrected chi connectivity index (χ3v) is 3.95. The standard InChI is InChI=1S/C16H23N3O2/c1-12-5-6-15(13(2)7-12)16(20,14(3)8-21-4)9-19-11-17-10-18-19/h5-7,10-11,14,20H,8-9H2,1-4H3/t14-,16+/m0/s1. The van der Waals surface area contributed by atoms with Gasteiger partial charge in [0.15, 0.2) is 0 Å². The van der Waals surface area contributed by atoms with Crippen LogP contribution in [0.15, 0.2) is 30.9 Å². The van der Waals surface area contributed by atoms with Crippen molar-refractivity contribution in [2.45, 2.75) is 32.9 Å². The quantitative estimate of drug-likeness (QED) is 0.884. The number of aliphatic hydroxyl groups is 1. The molecule has 2 atom stereocenters. The first-order chi connectivity index (χ1) is 9.97. The molecule has 5 heteroatoms. The van der Waals surface area contributed by atoms with E-state index in [1.54, 1.807) is 18.1 Å². The molecule has 0 aliphatic rings. The normalized spacial score (nSPS) is 15.7. The second kappa shape index (κ2) is 6.37. The van der Waals surface area contributed by atoms with Crippen molar-refractivity contribution in [2.24, 2.45) is 5.92 Å². The predicted octanol–water partition coefficient (Wildman–Crippen LogP) is 2.07. The molecule has 0 aliphatic carbocycles. The van der Waals surface area contributed by atoms with Crippen molar-refractivity contribution in [3.63, 3.8) is 0 Å². The van der Waals surface area contributed by atoms with Gasteiger partial charge in [0.25, 0.3) is 0 Å². The minimum Gasteiger partial charge on any atom is -0.384 e. The molecule has 1 aromatic heterocycles. The Kier molecular flexibility index (Phi) is 4.75. The SMILES string of the molecule is COC[C@H](C)[C@](O)(Cn1cncn1)c1ccc(C)cc1C. The van der Waals surface area contributed by atoms with Crippen LogP contribution in [0.4, 0.5) is 0 Å². The number of aromatic nitrogens is 3. The van der Waals surface area contributed by atoms with Crippen LogP contribution in [0.3, 0.4) is 0 Å². The largest absolute Gasteiger partial charge is 0.384 e. The van der Waals surface area contributed by atoms with Gasteiger partial charge in [-0.1, -0.05) is 30.7 Å². The molecule has 0 bridgehead atoms. The van der Waals surface area contributed by atoms with E-state index in [1.165, 1.54) is 11.9 Å². The molecule has 5 nitrogen and oxygen atoms in total. The second-order valence-corrected chi connectivity index (χ2v) is 5.69. The molecule has 2 rings (SSSR count). The first kappa shape index (κ1) is 15.7. The van der Waals surface area contributed by atoms with Gasteiger partial charge in [0, 0.05) is 13.0 Å². The average molecular weight is 289 g/mol. The number of rotatable bonds is 6. The van der Waals surface area contributed by atoms with Gasteiger partial charge >= 0.3 is 0 Å². The van der Waals surface area contributed by atoms with Crippen LogP contribution in [-0.2, 0) is 16.9 Å². The summed E-state index contributed by atoms with van der Waals surface area (Å²) in [5.74, 6) is -0.0758. The minimum atomic E-state index is -1.05. The Morgan fingerprint density at radius 3 is 2.71 bits per heavy atom. The van der Waals surface area contributed by atoms with E-state index in [1.807, 2.05) is 32.9 Å². The molecule has 0 saturated heterocycles. The molecule has 0 unspecified atom stereocenters. The van der Waals surface area contributed by atoms with Crippen molar-refractivity contribution in [1.29, 1.82) is 0 Å². The van der Waals surface area contributed by atoms with Gasteiger partial charge in [-0.15, -0.1) is 0 Å². The zero-order valence-corrected chi connectivity index (χ0v) is 13.1. The summed E-state index contributed by atoms with van der Waals surface area (Å²) in [6.07, 6.45) is 3.09. The summed E-state index contributed by atoms with van der Waals surface area (Å²) >= 11 is 0. The van der Waals surface area contributed by atoms with Crippen LogP contribution in [0, 0.1) is 19.8 Å². The van der Waals surface area contributed by atoms with Crippen molar-refractivity contribution in [3.8, 4) is 0 Å². The van der Waals surface area contributed by atoms with Gasteiger partial charge in [-0.2, -0.15) is 5.10 Å². The lowest BCUT2D eigenvalue weighted by Crippen LogP contribution is -2.41. The molecule has 0 amide bonds. The summed E-state index contributed by atoms with van der Waals surface area (Å²) in [4.78, 5) is 3.95. The van der Waals surface area contributed by atoms with Gasteiger partial charge in [0.05, 0.1) is 13.2 Å². The second-order valence-electron chi connectivity index (χ2n) is 5.69. The highest BCUT2D eigenvalue weighted by Gasteiger charge is 2.37. The summed E-state index contributed by atoms with van der Waals surface area (Å²) in [5.41, 5.74) is 2.11. The number of methoxy groups -OCH3 is 1. The average Bonchev–Trinajstić information content (AvgIpc) is 2.91. The lowest BCUT2D eigenvalue weighted by Gasteiger charge is -2.35. The number of ether oxygens (including phenoxy) is 1. The Balaban J connectivity index is 2.43. The minimum absolute atomic E-state index is 0.0758. The molecule has 0 radical (unpaired) electrons. The van der Waals surface area contributed by atoms with E-state index < -0.39 is 5.60 Å². The van der Waals surface area contributed by atoms with Gasteiger partial charge in [-0.05, 0) is 25.0 Å². The summed E-state index contributed by atoms with van der Waals surface area (Å²) in [5, 5.41) is 15.5. The summed E-state index contributed by atoms with van der Waals surface area (Å²) < 4.78 is 6.91. The highest BCUT2D eigenvalue weighted by atomic mass is 16.5. The molecule has 21 heavy (non-hydrogen) atoms. The molecular formula is C16H23N3O2. The smallest absolute Gasteiger partial charge is 0.137 e. The van der Waals surface area contributed by atoms with Crippen LogP contribution in [0.2, 0.25) is 0 Å². The van der Waals surface area contributed by atoms with Gasteiger partial charge in [0.1, 0.15) is 18.3 Å². The predicted molar refractivity (Wildman–Crippen MR) is 80.9 cm³/mol. The van der Waals surface area contributed by atoms with Crippen molar-refractivity contribution in [2.75, 3.05) is 13.7 Å². The highest BCUT2D eigenvalue weighted by molar-refractivity contribution is 5.35. The molecule has 0 fully saturated rings. The molecule has 0 spiro atoms. The van der Waals surface area contributed by atoms with E-state index in [9.17, 15) is 5.11 Å². The maximum Gasteiger partial charge on any atom is 0.137 e. The van der Waals surface area contributed by atoms with Crippen LogP contribution in [0.25, 0.3) is 0 Å².